The van der Waals surface area contributed by atoms with Crippen LogP contribution in [0.1, 0.15) is 21.9 Å². The molecule has 0 radical (unpaired) electrons. The second kappa shape index (κ2) is 7.77. The zero-order chi connectivity index (χ0) is 23.4. The van der Waals surface area contributed by atoms with E-state index in [0.29, 0.717) is 30.0 Å². The quantitative estimate of drug-likeness (QED) is 0.360. The van der Waals surface area contributed by atoms with Crippen molar-refractivity contribution in [2.45, 2.75) is 20.4 Å². The summed E-state index contributed by atoms with van der Waals surface area (Å²) < 4.78 is 11.9. The molecule has 0 atom stereocenters. The zero-order valence-electron chi connectivity index (χ0n) is 19.3. The van der Waals surface area contributed by atoms with Crippen LogP contribution in [-0.4, -0.2) is 62.0 Å². The molecule has 1 aliphatic heterocycles. The largest absolute Gasteiger partial charge is 0.459 e. The van der Waals surface area contributed by atoms with E-state index in [1.54, 1.807) is 19.2 Å². The van der Waals surface area contributed by atoms with Gasteiger partial charge in [-0.15, -0.1) is 0 Å². The summed E-state index contributed by atoms with van der Waals surface area (Å²) in [5.41, 5.74) is 2.37. The number of piperazine rings is 1. The van der Waals surface area contributed by atoms with Gasteiger partial charge in [0, 0.05) is 14.1 Å². The van der Waals surface area contributed by atoms with Gasteiger partial charge in [0.15, 0.2) is 5.76 Å². The molecule has 0 spiro atoms. The van der Waals surface area contributed by atoms with Gasteiger partial charge in [0.2, 0.25) is 11.2 Å². The van der Waals surface area contributed by atoms with Crippen molar-refractivity contribution in [3.05, 3.63) is 56.4 Å². The van der Waals surface area contributed by atoms with Gasteiger partial charge in [-0.2, -0.15) is 4.40 Å². The number of aromatic nitrogens is 5. The zero-order valence-corrected chi connectivity index (χ0v) is 19.3. The van der Waals surface area contributed by atoms with E-state index >= 15 is 0 Å². The summed E-state index contributed by atoms with van der Waals surface area (Å²) in [4.78, 5) is 44.3. The molecule has 1 amide bonds. The van der Waals surface area contributed by atoms with Gasteiger partial charge >= 0.3 is 11.5 Å². The predicted molar refractivity (Wildman–Crippen MR) is 120 cm³/mol. The van der Waals surface area contributed by atoms with Crippen molar-refractivity contribution in [2.24, 2.45) is 14.1 Å². The van der Waals surface area contributed by atoms with Gasteiger partial charge in [0.1, 0.15) is 24.5 Å². The number of fused-ring (bicyclic) bond motifs is 3. The summed E-state index contributed by atoms with van der Waals surface area (Å²) in [5, 5.41) is 0. The number of hydrogen-bond donors (Lipinski definition) is 2. The normalized spacial score (nSPS) is 15.2. The number of carbonyl (C=O) groups excluding carboxylic acids is 1. The predicted octanol–water partition coefficient (Wildman–Crippen LogP) is -1.64. The highest BCUT2D eigenvalue weighted by Gasteiger charge is 2.30. The number of quaternary nitrogens is 1. The first-order valence-corrected chi connectivity index (χ1v) is 11.1. The summed E-state index contributed by atoms with van der Waals surface area (Å²) in [6, 6.07) is 3.43. The van der Waals surface area contributed by atoms with Gasteiger partial charge in [-0.1, -0.05) is 0 Å². The minimum Gasteiger partial charge on any atom is -0.459 e. The van der Waals surface area contributed by atoms with Crippen LogP contribution in [0.5, 0.6) is 0 Å². The number of nitrogens with zero attached hydrogens (tertiary/aromatic N) is 5. The Bertz CT molecular complexity index is 1480. The Balaban J connectivity index is 1.38. The molecule has 5 heterocycles. The van der Waals surface area contributed by atoms with E-state index in [9.17, 15) is 14.4 Å². The summed E-state index contributed by atoms with van der Waals surface area (Å²) in [5.74, 6) is 1.12. The van der Waals surface area contributed by atoms with Crippen molar-refractivity contribution in [3.8, 4) is 0 Å². The Kier molecular flexibility index (Phi) is 5.00. The van der Waals surface area contributed by atoms with E-state index in [0.717, 1.165) is 47.9 Å². The van der Waals surface area contributed by atoms with Crippen molar-refractivity contribution in [1.29, 1.82) is 0 Å². The Morgan fingerprint density at radius 3 is 2.58 bits per heavy atom. The molecule has 1 aliphatic rings. The molecule has 174 valence electrons. The van der Waals surface area contributed by atoms with Gasteiger partial charge in [-0.05, 0) is 26.0 Å². The van der Waals surface area contributed by atoms with E-state index in [4.69, 9.17) is 4.42 Å². The van der Waals surface area contributed by atoms with E-state index in [1.807, 2.05) is 23.1 Å². The van der Waals surface area contributed by atoms with E-state index in [1.165, 1.54) is 22.8 Å². The Hall–Kier alpha value is -3.60. The lowest BCUT2D eigenvalue weighted by atomic mass is 10.3. The lowest BCUT2D eigenvalue weighted by Gasteiger charge is -2.31. The third kappa shape index (κ3) is 3.22. The summed E-state index contributed by atoms with van der Waals surface area (Å²) >= 11 is 0. The Morgan fingerprint density at radius 1 is 1.18 bits per heavy atom. The minimum absolute atomic E-state index is 0.0562. The highest BCUT2D eigenvalue weighted by Crippen LogP contribution is 2.15. The number of hydrogen-bond acceptors (Lipinski definition) is 4. The third-order valence-electron chi connectivity index (χ3n) is 7.00. The molecule has 0 bridgehead atoms. The van der Waals surface area contributed by atoms with E-state index in [-0.39, 0.29) is 17.2 Å². The first-order valence-electron chi connectivity index (χ1n) is 11.1. The number of carbonyl (C=O) groups is 1. The van der Waals surface area contributed by atoms with Crippen LogP contribution >= 0.6 is 0 Å². The topological polar surface area (TPSA) is 106 Å². The number of H-pyrrole nitrogens is 1. The van der Waals surface area contributed by atoms with Crippen molar-refractivity contribution >= 4 is 22.8 Å². The van der Waals surface area contributed by atoms with Crippen LogP contribution in [0.3, 0.4) is 0 Å². The number of aryl methyl sites for hydroxylation is 2. The van der Waals surface area contributed by atoms with Crippen LogP contribution in [0, 0.1) is 13.8 Å². The molecule has 1 saturated heterocycles. The highest BCUT2D eigenvalue weighted by molar-refractivity contribution is 5.91. The van der Waals surface area contributed by atoms with Gasteiger partial charge in [0.05, 0.1) is 32.4 Å². The molecule has 2 N–H and O–H groups in total. The first kappa shape index (κ1) is 21.3. The first-order chi connectivity index (χ1) is 15.8. The Morgan fingerprint density at radius 2 is 1.91 bits per heavy atom. The summed E-state index contributed by atoms with van der Waals surface area (Å²) in [6.45, 7) is 8.78. The van der Waals surface area contributed by atoms with Crippen molar-refractivity contribution in [2.75, 3.05) is 32.7 Å². The van der Waals surface area contributed by atoms with Gasteiger partial charge in [0.25, 0.3) is 11.5 Å². The van der Waals surface area contributed by atoms with Gasteiger partial charge in [-0.3, -0.25) is 18.7 Å². The number of amides is 1. The number of furan rings is 1. The molecule has 4 aromatic rings. The maximum absolute atomic E-state index is 12.9. The van der Waals surface area contributed by atoms with Crippen molar-refractivity contribution in [1.82, 2.24) is 23.4 Å². The lowest BCUT2D eigenvalue weighted by molar-refractivity contribution is -0.921. The lowest BCUT2D eigenvalue weighted by Crippen LogP contribution is -3.15. The molecule has 0 saturated carbocycles. The number of rotatable bonds is 4. The number of aromatic amines is 1. The molecular formula is C22H29N7O4+2. The maximum atomic E-state index is 12.9. The standard InChI is InChI=1S/C22H27N7O4/c1-14-15(2)29-17-18(24(3)22(32)25(4)20(17)31)23-21(29)28(14)12-9-26-7-10-27(11-8-26)19(30)16-6-5-13-33-16/h5-6,13H,7-12H2,1-4H3/p+2. The summed E-state index contributed by atoms with van der Waals surface area (Å²) in [7, 11) is 3.17. The average molecular weight is 456 g/mol. The van der Waals surface area contributed by atoms with Crippen LogP contribution in [0.2, 0.25) is 0 Å². The second-order valence-corrected chi connectivity index (χ2v) is 8.78. The highest BCUT2D eigenvalue weighted by atomic mass is 16.3. The van der Waals surface area contributed by atoms with Crippen molar-refractivity contribution in [3.63, 3.8) is 0 Å². The second-order valence-electron chi connectivity index (χ2n) is 8.78. The van der Waals surface area contributed by atoms with Gasteiger partial charge in [-0.25, -0.2) is 14.3 Å². The van der Waals surface area contributed by atoms with Crippen LogP contribution < -0.4 is 20.7 Å². The third-order valence-corrected chi connectivity index (χ3v) is 7.00. The smallest absolute Gasteiger partial charge is 0.369 e. The minimum atomic E-state index is -0.357. The molecule has 5 rings (SSSR count). The Labute approximate surface area is 189 Å². The number of nitrogens with one attached hydrogen (secondary N) is 2. The SMILES string of the molecule is Cc1c(C)[n+](CC[NH+]2CCN(C(=O)c3ccco3)CC2)c2[nH]c3c(c(=O)n(C)c(=O)n3C)n12. The molecule has 33 heavy (non-hydrogen) atoms. The van der Waals surface area contributed by atoms with Crippen LogP contribution in [0.15, 0.2) is 32.4 Å². The van der Waals surface area contributed by atoms with E-state index in [2.05, 4.69) is 9.55 Å². The van der Waals surface area contributed by atoms with Crippen LogP contribution in [-0.2, 0) is 20.6 Å². The molecule has 0 unspecified atom stereocenters. The van der Waals surface area contributed by atoms with Crippen molar-refractivity contribution < 1.29 is 18.7 Å². The maximum Gasteiger partial charge on any atom is 0.369 e. The molecule has 4 aromatic heterocycles. The van der Waals surface area contributed by atoms with Crippen LogP contribution in [0.4, 0.5) is 0 Å². The average Bonchev–Trinajstić information content (AvgIpc) is 3.54. The summed E-state index contributed by atoms with van der Waals surface area (Å²) in [6.07, 6.45) is 1.52. The number of imidazole rings is 2. The fourth-order valence-electron chi connectivity index (χ4n) is 4.85. The molecule has 1 fully saturated rings. The molecule has 0 aromatic carbocycles. The van der Waals surface area contributed by atoms with Crippen LogP contribution in [0.25, 0.3) is 16.9 Å². The van der Waals surface area contributed by atoms with E-state index < -0.39 is 0 Å². The fraction of sp³-hybridized carbons (Fsp3) is 0.455. The monoisotopic (exact) mass is 455 g/mol. The molecular weight excluding hydrogens is 426 g/mol. The molecule has 11 heteroatoms. The molecule has 11 nitrogen and oxygen atoms in total. The fourth-order valence-corrected chi connectivity index (χ4v) is 4.85. The molecule has 0 aliphatic carbocycles. The van der Waals surface area contributed by atoms with Gasteiger partial charge < -0.3 is 14.2 Å².